The van der Waals surface area contributed by atoms with Gasteiger partial charge in [-0.15, -0.1) is 0 Å². The van der Waals surface area contributed by atoms with E-state index in [0.717, 1.165) is 19.3 Å². The molecule has 0 aromatic carbocycles. The van der Waals surface area contributed by atoms with Crippen LogP contribution in [0.1, 0.15) is 26.2 Å². The van der Waals surface area contributed by atoms with E-state index >= 15 is 0 Å². The van der Waals surface area contributed by atoms with Crippen molar-refractivity contribution in [1.29, 1.82) is 0 Å². The van der Waals surface area contributed by atoms with Crippen LogP contribution in [0.3, 0.4) is 0 Å². The Morgan fingerprint density at radius 1 is 1.17 bits per heavy atom. The van der Waals surface area contributed by atoms with E-state index < -0.39 is 7.60 Å². The fraction of sp³-hybridized carbons (Fsp3) is 1.00. The topological polar surface area (TPSA) is 83.5 Å². The van der Waals surface area contributed by atoms with E-state index in [-0.39, 0.29) is 49.4 Å². The molecule has 7 unspecified atom stereocenters. The second-order valence-electron chi connectivity index (χ2n) is 6.39. The number of rotatable bonds is 8. The first kappa shape index (κ1) is 19.4. The van der Waals surface area contributed by atoms with Gasteiger partial charge in [-0.2, -0.15) is 0 Å². The standard InChI is InChI=1S/C13H27B2O7P/c1-3-8-10(5-13(15)21-8)19-7-23(16,17)20-6-11-9(18-2)4-12(14)22-11/h8-13H,3-7,14-15H2,1-2H3,(H,16,17). The molecule has 0 spiro atoms. The average Bonchev–Trinajstić information content (AvgIpc) is 3.05. The van der Waals surface area contributed by atoms with E-state index in [9.17, 15) is 9.46 Å². The molecule has 0 radical (unpaired) electrons. The van der Waals surface area contributed by atoms with Crippen LogP contribution in [0.4, 0.5) is 0 Å². The van der Waals surface area contributed by atoms with Crippen molar-refractivity contribution in [3.8, 4) is 0 Å². The van der Waals surface area contributed by atoms with Crippen molar-refractivity contribution in [2.24, 2.45) is 0 Å². The summed E-state index contributed by atoms with van der Waals surface area (Å²) in [6.07, 6.45) is 1.35. The molecular weight excluding hydrogens is 321 g/mol. The molecule has 0 aromatic rings. The lowest BCUT2D eigenvalue weighted by molar-refractivity contribution is -0.0234. The summed E-state index contributed by atoms with van der Waals surface area (Å²) in [4.78, 5) is 9.96. The molecule has 2 fully saturated rings. The molecular formula is C13H27B2O7P. The van der Waals surface area contributed by atoms with Crippen LogP contribution in [-0.2, 0) is 28.0 Å². The van der Waals surface area contributed by atoms with Gasteiger partial charge in [0.1, 0.15) is 28.1 Å². The highest BCUT2D eigenvalue weighted by Crippen LogP contribution is 2.43. The predicted octanol–water partition coefficient (Wildman–Crippen LogP) is -0.548. The molecule has 2 rings (SSSR count). The van der Waals surface area contributed by atoms with Crippen molar-refractivity contribution in [3.05, 3.63) is 0 Å². The molecule has 10 heteroatoms. The average molecular weight is 348 g/mol. The Morgan fingerprint density at radius 2 is 1.78 bits per heavy atom. The van der Waals surface area contributed by atoms with Gasteiger partial charge < -0.3 is 28.4 Å². The smallest absolute Gasteiger partial charge is 0.353 e. The van der Waals surface area contributed by atoms with E-state index in [0.29, 0.717) is 0 Å². The Bertz CT molecular complexity index is 393. The van der Waals surface area contributed by atoms with Gasteiger partial charge in [0.2, 0.25) is 0 Å². The minimum atomic E-state index is -3.82. The SMILES string of the molecule is BC1CC(OC)C(COP(=O)(O)COC2CC(B)OC2CC)O1. The van der Waals surface area contributed by atoms with E-state index in [1.54, 1.807) is 7.11 Å². The maximum absolute atomic E-state index is 12.2. The summed E-state index contributed by atoms with van der Waals surface area (Å²) in [7, 11) is 1.70. The van der Waals surface area contributed by atoms with Gasteiger partial charge in [0, 0.05) is 19.1 Å². The molecule has 132 valence electrons. The largest absolute Gasteiger partial charge is 0.381 e. The fourth-order valence-corrected chi connectivity index (χ4v) is 4.02. The third-order valence-electron chi connectivity index (χ3n) is 4.37. The molecule has 0 aromatic heterocycles. The molecule has 23 heavy (non-hydrogen) atoms. The molecule has 0 amide bonds. The van der Waals surface area contributed by atoms with Gasteiger partial charge in [0.15, 0.2) is 0 Å². The highest BCUT2D eigenvalue weighted by atomic mass is 31.2. The lowest BCUT2D eigenvalue weighted by Crippen LogP contribution is -2.28. The van der Waals surface area contributed by atoms with Crippen molar-refractivity contribution in [2.75, 3.05) is 20.1 Å². The Labute approximate surface area is 139 Å². The molecule has 7 nitrogen and oxygen atoms in total. The second-order valence-corrected chi connectivity index (χ2v) is 8.18. The third-order valence-corrected chi connectivity index (χ3v) is 5.40. The summed E-state index contributed by atoms with van der Waals surface area (Å²) in [6.45, 7) is 2.03. The zero-order valence-corrected chi connectivity index (χ0v) is 15.2. The summed E-state index contributed by atoms with van der Waals surface area (Å²) in [6, 6.07) is 0.171. The van der Waals surface area contributed by atoms with E-state index in [2.05, 4.69) is 0 Å². The van der Waals surface area contributed by atoms with E-state index in [1.165, 1.54) is 0 Å². The number of ether oxygens (including phenoxy) is 4. The minimum absolute atomic E-state index is 0.0226. The van der Waals surface area contributed by atoms with Crippen molar-refractivity contribution >= 4 is 23.3 Å². The van der Waals surface area contributed by atoms with Crippen LogP contribution in [0.25, 0.3) is 0 Å². The van der Waals surface area contributed by atoms with Crippen LogP contribution in [0.15, 0.2) is 0 Å². The molecule has 2 aliphatic heterocycles. The summed E-state index contributed by atoms with van der Waals surface area (Å²) >= 11 is 0. The Kier molecular flexibility index (Phi) is 7.17. The lowest BCUT2D eigenvalue weighted by Gasteiger charge is -2.22. The zero-order valence-electron chi connectivity index (χ0n) is 14.3. The molecule has 0 saturated carbocycles. The number of methoxy groups -OCH3 is 1. The molecule has 1 N–H and O–H groups in total. The monoisotopic (exact) mass is 348 g/mol. The zero-order chi connectivity index (χ0) is 17.0. The highest BCUT2D eigenvalue weighted by molar-refractivity contribution is 7.52. The van der Waals surface area contributed by atoms with Crippen molar-refractivity contribution in [3.63, 3.8) is 0 Å². The molecule has 0 aliphatic carbocycles. The van der Waals surface area contributed by atoms with Crippen LogP contribution < -0.4 is 0 Å². The maximum atomic E-state index is 12.2. The fourth-order valence-electron chi connectivity index (χ4n) is 3.19. The van der Waals surface area contributed by atoms with Crippen LogP contribution in [0.5, 0.6) is 0 Å². The van der Waals surface area contributed by atoms with E-state index in [1.807, 2.05) is 22.6 Å². The predicted molar refractivity (Wildman–Crippen MR) is 90.2 cm³/mol. The molecule has 0 bridgehead atoms. The second kappa shape index (κ2) is 8.48. The first-order valence-corrected chi connectivity index (χ1v) is 10.0. The van der Waals surface area contributed by atoms with Crippen molar-refractivity contribution < 1.29 is 32.9 Å². The highest BCUT2D eigenvalue weighted by Gasteiger charge is 2.37. The molecule has 2 aliphatic rings. The Morgan fingerprint density at radius 3 is 2.39 bits per heavy atom. The Balaban J connectivity index is 1.77. The first-order chi connectivity index (χ1) is 10.8. The third kappa shape index (κ3) is 5.56. The van der Waals surface area contributed by atoms with Crippen molar-refractivity contribution in [2.45, 2.75) is 62.6 Å². The van der Waals surface area contributed by atoms with Crippen LogP contribution >= 0.6 is 7.60 Å². The molecule has 2 heterocycles. The van der Waals surface area contributed by atoms with Crippen LogP contribution in [0.2, 0.25) is 0 Å². The van der Waals surface area contributed by atoms with Gasteiger partial charge in [0.25, 0.3) is 0 Å². The molecule has 2 saturated heterocycles. The first-order valence-electron chi connectivity index (χ1n) is 8.26. The summed E-state index contributed by atoms with van der Waals surface area (Å²) in [5.74, 6) is 0. The normalized spacial score (nSPS) is 40.3. The number of hydrogen-bond acceptors (Lipinski definition) is 6. The van der Waals surface area contributed by atoms with Gasteiger partial charge in [-0.1, -0.05) is 6.92 Å². The quantitative estimate of drug-likeness (QED) is 0.466. The van der Waals surface area contributed by atoms with Crippen LogP contribution in [0, 0.1) is 0 Å². The minimum Gasteiger partial charge on any atom is -0.381 e. The lowest BCUT2D eigenvalue weighted by atomic mass is 9.96. The van der Waals surface area contributed by atoms with E-state index in [4.69, 9.17) is 23.5 Å². The molecule has 7 atom stereocenters. The van der Waals surface area contributed by atoms with Gasteiger partial charge in [-0.25, -0.2) is 0 Å². The van der Waals surface area contributed by atoms with Gasteiger partial charge in [0.05, 0.1) is 24.9 Å². The summed E-state index contributed by atoms with van der Waals surface area (Å²) < 4.78 is 39.6. The Hall–Kier alpha value is 0.120. The van der Waals surface area contributed by atoms with Crippen LogP contribution in [-0.4, -0.2) is 77.1 Å². The maximum Gasteiger partial charge on any atom is 0.353 e. The summed E-state index contributed by atoms with van der Waals surface area (Å²) in [5, 5.41) is 0. The van der Waals surface area contributed by atoms with Crippen molar-refractivity contribution in [1.82, 2.24) is 0 Å². The van der Waals surface area contributed by atoms with Gasteiger partial charge >= 0.3 is 7.60 Å². The van der Waals surface area contributed by atoms with Gasteiger partial charge in [-0.05, 0) is 19.3 Å². The summed E-state index contributed by atoms with van der Waals surface area (Å²) in [5.41, 5.74) is 0. The number of hydrogen-bond donors (Lipinski definition) is 1. The van der Waals surface area contributed by atoms with Gasteiger partial charge in [-0.3, -0.25) is 4.57 Å².